The summed E-state index contributed by atoms with van der Waals surface area (Å²) in [6, 6.07) is 6.03. The number of aromatic nitrogens is 1. The fraction of sp³-hybridized carbons (Fsp3) is 0.538. The maximum Gasteiger partial charge on any atom is 0.191 e. The van der Waals surface area contributed by atoms with Crippen LogP contribution in [0, 0.1) is 6.92 Å². The van der Waals surface area contributed by atoms with E-state index >= 15 is 0 Å². The second kappa shape index (κ2) is 10.1. The molecule has 0 saturated heterocycles. The summed E-state index contributed by atoms with van der Waals surface area (Å²) in [5.74, 6) is 0.835. The normalized spacial score (nSPS) is 10.7. The van der Waals surface area contributed by atoms with Crippen LogP contribution in [0.25, 0.3) is 0 Å². The van der Waals surface area contributed by atoms with Crippen LogP contribution in [0.5, 0.6) is 0 Å². The van der Waals surface area contributed by atoms with Crippen LogP contribution in [0.15, 0.2) is 23.2 Å². The second-order valence-electron chi connectivity index (χ2n) is 3.98. The molecule has 0 fully saturated rings. The first kappa shape index (κ1) is 17.2. The van der Waals surface area contributed by atoms with E-state index < -0.39 is 0 Å². The zero-order valence-electron chi connectivity index (χ0n) is 11.4. The molecule has 0 spiro atoms. The van der Waals surface area contributed by atoms with Crippen molar-refractivity contribution >= 4 is 29.9 Å². The number of nitrogens with one attached hydrogen (secondary N) is 2. The van der Waals surface area contributed by atoms with Gasteiger partial charge in [0, 0.05) is 19.3 Å². The summed E-state index contributed by atoms with van der Waals surface area (Å²) < 4.78 is 0. The lowest BCUT2D eigenvalue weighted by Crippen LogP contribution is -2.37. The zero-order chi connectivity index (χ0) is 12.5. The van der Waals surface area contributed by atoms with Gasteiger partial charge < -0.3 is 10.6 Å². The summed E-state index contributed by atoms with van der Waals surface area (Å²) in [5.41, 5.74) is 2.07. The van der Waals surface area contributed by atoms with Gasteiger partial charge >= 0.3 is 0 Å². The molecule has 0 aromatic carbocycles. The topological polar surface area (TPSA) is 49.3 Å². The molecule has 4 nitrogen and oxygen atoms in total. The predicted molar refractivity (Wildman–Crippen MR) is 87.5 cm³/mol. The van der Waals surface area contributed by atoms with E-state index in [9.17, 15) is 0 Å². The number of hydrogen-bond acceptors (Lipinski definition) is 2. The van der Waals surface area contributed by atoms with Crippen molar-refractivity contribution < 1.29 is 0 Å². The number of pyridine rings is 1. The van der Waals surface area contributed by atoms with Crippen molar-refractivity contribution in [2.45, 2.75) is 33.2 Å². The Bertz CT molecular complexity index is 366. The van der Waals surface area contributed by atoms with E-state index in [1.165, 1.54) is 6.42 Å². The SMILES string of the molecule is CCCCNC(=NC)NCc1cccc(C)n1.I. The summed E-state index contributed by atoms with van der Waals surface area (Å²) in [5, 5.41) is 6.51. The molecule has 0 radical (unpaired) electrons. The number of guanidine groups is 1. The molecule has 5 heteroatoms. The highest BCUT2D eigenvalue weighted by atomic mass is 127. The number of aliphatic imine (C=N–C) groups is 1. The van der Waals surface area contributed by atoms with Crippen LogP contribution in [0.4, 0.5) is 0 Å². The second-order valence-corrected chi connectivity index (χ2v) is 3.98. The lowest BCUT2D eigenvalue weighted by Gasteiger charge is -2.11. The van der Waals surface area contributed by atoms with Crippen LogP contribution in [0.1, 0.15) is 31.2 Å². The zero-order valence-corrected chi connectivity index (χ0v) is 13.7. The number of aryl methyl sites for hydroxylation is 1. The van der Waals surface area contributed by atoms with Gasteiger partial charge in [-0.05, 0) is 25.5 Å². The van der Waals surface area contributed by atoms with Gasteiger partial charge in [-0.2, -0.15) is 0 Å². The first-order chi connectivity index (χ1) is 8.26. The number of halogens is 1. The van der Waals surface area contributed by atoms with Crippen LogP contribution in [-0.4, -0.2) is 24.5 Å². The fourth-order valence-electron chi connectivity index (χ4n) is 1.48. The highest BCUT2D eigenvalue weighted by Crippen LogP contribution is 1.97. The summed E-state index contributed by atoms with van der Waals surface area (Å²) >= 11 is 0. The van der Waals surface area contributed by atoms with E-state index in [1.807, 2.05) is 25.1 Å². The van der Waals surface area contributed by atoms with Crippen LogP contribution >= 0.6 is 24.0 Å². The maximum atomic E-state index is 4.43. The van der Waals surface area contributed by atoms with E-state index in [0.717, 1.165) is 30.3 Å². The number of hydrogen-bond donors (Lipinski definition) is 2. The number of rotatable bonds is 5. The van der Waals surface area contributed by atoms with Crippen molar-refractivity contribution in [3.8, 4) is 0 Å². The summed E-state index contributed by atoms with van der Waals surface area (Å²) in [6.45, 7) is 5.83. The first-order valence-electron chi connectivity index (χ1n) is 6.13. The molecule has 102 valence electrons. The molecule has 0 aliphatic carbocycles. The van der Waals surface area contributed by atoms with E-state index in [-0.39, 0.29) is 24.0 Å². The smallest absolute Gasteiger partial charge is 0.191 e. The Kier molecular flexibility index (Phi) is 9.63. The van der Waals surface area contributed by atoms with Crippen molar-refractivity contribution in [3.05, 3.63) is 29.6 Å². The quantitative estimate of drug-likeness (QED) is 0.366. The molecule has 2 N–H and O–H groups in total. The van der Waals surface area contributed by atoms with Crippen molar-refractivity contribution in [1.82, 2.24) is 15.6 Å². The Labute approximate surface area is 127 Å². The number of nitrogens with zero attached hydrogens (tertiary/aromatic N) is 2. The Balaban J connectivity index is 0.00000289. The van der Waals surface area contributed by atoms with Gasteiger partial charge in [-0.1, -0.05) is 19.4 Å². The van der Waals surface area contributed by atoms with Crippen molar-refractivity contribution in [1.29, 1.82) is 0 Å². The molecule has 1 heterocycles. The molecule has 0 amide bonds. The third kappa shape index (κ3) is 6.78. The average molecular weight is 362 g/mol. The van der Waals surface area contributed by atoms with Gasteiger partial charge in [-0.25, -0.2) is 0 Å². The lowest BCUT2D eigenvalue weighted by molar-refractivity contribution is 0.725. The van der Waals surface area contributed by atoms with Gasteiger partial charge in [0.1, 0.15) is 0 Å². The van der Waals surface area contributed by atoms with E-state index in [1.54, 1.807) is 7.05 Å². The van der Waals surface area contributed by atoms with Crippen molar-refractivity contribution in [2.24, 2.45) is 4.99 Å². The van der Waals surface area contributed by atoms with E-state index in [2.05, 4.69) is 27.5 Å². The minimum atomic E-state index is 0. The third-order valence-electron chi connectivity index (χ3n) is 2.43. The molecule has 0 unspecified atom stereocenters. The van der Waals surface area contributed by atoms with Gasteiger partial charge in [0.05, 0.1) is 12.2 Å². The Morgan fingerprint density at radius 1 is 1.33 bits per heavy atom. The Hall–Kier alpha value is -0.850. The van der Waals surface area contributed by atoms with E-state index in [4.69, 9.17) is 0 Å². The van der Waals surface area contributed by atoms with Gasteiger partial charge in [-0.3, -0.25) is 9.98 Å². The minimum absolute atomic E-state index is 0. The van der Waals surface area contributed by atoms with E-state index in [0.29, 0.717) is 6.54 Å². The molecule has 0 aliphatic rings. The van der Waals surface area contributed by atoms with Crippen LogP contribution in [-0.2, 0) is 6.54 Å². The average Bonchev–Trinajstić information content (AvgIpc) is 2.34. The third-order valence-corrected chi connectivity index (χ3v) is 2.43. The first-order valence-corrected chi connectivity index (χ1v) is 6.13. The highest BCUT2D eigenvalue weighted by Gasteiger charge is 1.98. The molecular weight excluding hydrogens is 339 g/mol. The fourth-order valence-corrected chi connectivity index (χ4v) is 1.48. The largest absolute Gasteiger partial charge is 0.356 e. The Morgan fingerprint density at radius 3 is 2.72 bits per heavy atom. The highest BCUT2D eigenvalue weighted by molar-refractivity contribution is 14.0. The molecule has 0 atom stereocenters. The van der Waals surface area contributed by atoms with Crippen LogP contribution in [0.3, 0.4) is 0 Å². The van der Waals surface area contributed by atoms with Crippen molar-refractivity contribution in [3.63, 3.8) is 0 Å². The molecule has 18 heavy (non-hydrogen) atoms. The van der Waals surface area contributed by atoms with Gasteiger partial charge in [0.2, 0.25) is 0 Å². The van der Waals surface area contributed by atoms with Crippen LogP contribution in [0.2, 0.25) is 0 Å². The van der Waals surface area contributed by atoms with Gasteiger partial charge in [-0.15, -0.1) is 24.0 Å². The maximum absolute atomic E-state index is 4.43. The molecule has 0 saturated carbocycles. The molecule has 1 aromatic rings. The summed E-state index contributed by atoms with van der Waals surface area (Å²) in [4.78, 5) is 8.59. The Morgan fingerprint density at radius 2 is 2.11 bits per heavy atom. The standard InChI is InChI=1S/C13H22N4.HI/c1-4-5-9-15-13(14-3)16-10-12-8-6-7-11(2)17-12;/h6-8H,4-5,9-10H2,1-3H3,(H2,14,15,16);1H. The number of unbranched alkanes of at least 4 members (excludes halogenated alkanes) is 1. The van der Waals surface area contributed by atoms with Gasteiger partial charge in [0.15, 0.2) is 5.96 Å². The van der Waals surface area contributed by atoms with Crippen molar-refractivity contribution in [2.75, 3.05) is 13.6 Å². The molecule has 1 rings (SSSR count). The predicted octanol–water partition coefficient (Wildman–Crippen LogP) is 2.47. The summed E-state index contributed by atoms with van der Waals surface area (Å²) in [6.07, 6.45) is 2.34. The molecule has 0 bridgehead atoms. The monoisotopic (exact) mass is 362 g/mol. The minimum Gasteiger partial charge on any atom is -0.356 e. The summed E-state index contributed by atoms with van der Waals surface area (Å²) in [7, 11) is 1.78. The van der Waals surface area contributed by atoms with Crippen LogP contribution < -0.4 is 10.6 Å². The van der Waals surface area contributed by atoms with Gasteiger partial charge in [0.25, 0.3) is 0 Å². The lowest BCUT2D eigenvalue weighted by atomic mass is 10.3. The molecule has 1 aromatic heterocycles. The molecular formula is C13H23IN4. The molecule has 0 aliphatic heterocycles.